The van der Waals surface area contributed by atoms with Gasteiger partial charge in [0.25, 0.3) is 0 Å². The Kier molecular flexibility index (Phi) is 4.84. The summed E-state index contributed by atoms with van der Waals surface area (Å²) in [6.45, 7) is 3.01. The molecule has 0 aliphatic carbocycles. The molecule has 0 bridgehead atoms. The van der Waals surface area contributed by atoms with Gasteiger partial charge in [-0.05, 0) is 19.1 Å². The SMILES string of the molecule is CCS(=O)(=O)[C@H](C)[C@@H](O)c1ccc(Cl)cc1Cl. The van der Waals surface area contributed by atoms with Crippen molar-refractivity contribution in [3.8, 4) is 0 Å². The van der Waals surface area contributed by atoms with E-state index < -0.39 is 21.2 Å². The quantitative estimate of drug-likeness (QED) is 0.929. The van der Waals surface area contributed by atoms with E-state index in [4.69, 9.17) is 23.2 Å². The normalized spacial score (nSPS) is 15.6. The largest absolute Gasteiger partial charge is 0.387 e. The Hall–Kier alpha value is -0.290. The van der Waals surface area contributed by atoms with Gasteiger partial charge in [-0.3, -0.25) is 0 Å². The number of hydrogen-bond acceptors (Lipinski definition) is 3. The maximum absolute atomic E-state index is 11.7. The molecule has 1 aromatic rings. The van der Waals surface area contributed by atoms with Crippen LogP contribution < -0.4 is 0 Å². The van der Waals surface area contributed by atoms with Crippen LogP contribution in [-0.4, -0.2) is 24.5 Å². The molecule has 96 valence electrons. The predicted octanol–water partition coefficient (Wildman–Crippen LogP) is 2.85. The lowest BCUT2D eigenvalue weighted by atomic mass is 10.1. The van der Waals surface area contributed by atoms with Crippen LogP contribution in [-0.2, 0) is 9.84 Å². The van der Waals surface area contributed by atoms with Crippen molar-refractivity contribution in [3.05, 3.63) is 33.8 Å². The smallest absolute Gasteiger partial charge is 0.155 e. The van der Waals surface area contributed by atoms with Gasteiger partial charge in [-0.1, -0.05) is 36.2 Å². The first-order valence-corrected chi connectivity index (χ1v) is 7.61. The fraction of sp³-hybridized carbons (Fsp3) is 0.455. The van der Waals surface area contributed by atoms with E-state index in [0.29, 0.717) is 10.6 Å². The molecule has 0 unspecified atom stereocenters. The van der Waals surface area contributed by atoms with Gasteiger partial charge in [-0.2, -0.15) is 0 Å². The molecule has 1 N–H and O–H groups in total. The molecule has 2 atom stereocenters. The van der Waals surface area contributed by atoms with E-state index in [9.17, 15) is 13.5 Å². The number of aliphatic hydroxyl groups excluding tert-OH is 1. The maximum Gasteiger partial charge on any atom is 0.155 e. The molecule has 0 aromatic heterocycles. The highest BCUT2D eigenvalue weighted by atomic mass is 35.5. The van der Waals surface area contributed by atoms with Gasteiger partial charge >= 0.3 is 0 Å². The van der Waals surface area contributed by atoms with E-state index in [-0.39, 0.29) is 10.8 Å². The Morgan fingerprint density at radius 1 is 1.35 bits per heavy atom. The molecule has 1 aromatic carbocycles. The third-order valence-corrected chi connectivity index (χ3v) is 5.45. The number of benzene rings is 1. The summed E-state index contributed by atoms with van der Waals surface area (Å²) in [5.41, 5.74) is 0.376. The van der Waals surface area contributed by atoms with E-state index in [2.05, 4.69) is 0 Å². The van der Waals surface area contributed by atoms with Crippen LogP contribution >= 0.6 is 23.2 Å². The second-order valence-electron chi connectivity index (χ2n) is 3.77. The van der Waals surface area contributed by atoms with Crippen molar-refractivity contribution in [2.24, 2.45) is 0 Å². The molecule has 0 aliphatic rings. The number of halogens is 2. The van der Waals surface area contributed by atoms with Gasteiger partial charge in [0.05, 0.1) is 11.4 Å². The minimum absolute atomic E-state index is 0.0174. The fourth-order valence-corrected chi connectivity index (χ4v) is 3.04. The summed E-state index contributed by atoms with van der Waals surface area (Å²) in [6, 6.07) is 4.58. The summed E-state index contributed by atoms with van der Waals surface area (Å²) >= 11 is 11.7. The van der Waals surface area contributed by atoms with Crippen LogP contribution in [0.5, 0.6) is 0 Å². The highest BCUT2D eigenvalue weighted by Gasteiger charge is 2.28. The van der Waals surface area contributed by atoms with Crippen LogP contribution in [0.1, 0.15) is 25.5 Å². The van der Waals surface area contributed by atoms with Gasteiger partial charge in [0.1, 0.15) is 0 Å². The summed E-state index contributed by atoms with van der Waals surface area (Å²) in [4.78, 5) is 0. The van der Waals surface area contributed by atoms with Crippen LogP contribution in [0.2, 0.25) is 10.0 Å². The Bertz CT molecular complexity index is 499. The number of sulfone groups is 1. The summed E-state index contributed by atoms with van der Waals surface area (Å²) < 4.78 is 23.3. The molecule has 1 rings (SSSR count). The molecule has 0 saturated heterocycles. The summed E-state index contributed by atoms with van der Waals surface area (Å²) in [7, 11) is -3.31. The zero-order chi connectivity index (χ0) is 13.2. The van der Waals surface area contributed by atoms with E-state index >= 15 is 0 Å². The molecule has 0 spiro atoms. The van der Waals surface area contributed by atoms with Crippen molar-refractivity contribution in [1.29, 1.82) is 0 Å². The Balaban J connectivity index is 3.09. The molecular formula is C11H14Cl2O3S. The monoisotopic (exact) mass is 296 g/mol. The average molecular weight is 297 g/mol. The van der Waals surface area contributed by atoms with E-state index in [1.54, 1.807) is 13.0 Å². The predicted molar refractivity (Wildman–Crippen MR) is 70.3 cm³/mol. The van der Waals surface area contributed by atoms with Crippen molar-refractivity contribution >= 4 is 33.0 Å². The second-order valence-corrected chi connectivity index (χ2v) is 7.26. The van der Waals surface area contributed by atoms with Crippen molar-refractivity contribution in [2.45, 2.75) is 25.2 Å². The van der Waals surface area contributed by atoms with Crippen LogP contribution in [0.25, 0.3) is 0 Å². The topological polar surface area (TPSA) is 54.4 Å². The minimum atomic E-state index is -3.31. The van der Waals surface area contributed by atoms with E-state index in [1.165, 1.54) is 19.1 Å². The zero-order valence-corrected chi connectivity index (χ0v) is 11.9. The minimum Gasteiger partial charge on any atom is -0.387 e. The lowest BCUT2D eigenvalue weighted by Crippen LogP contribution is -2.27. The van der Waals surface area contributed by atoms with E-state index in [1.807, 2.05) is 0 Å². The summed E-state index contributed by atoms with van der Waals surface area (Å²) in [6.07, 6.45) is -1.15. The van der Waals surface area contributed by atoms with Gasteiger partial charge < -0.3 is 5.11 Å². The second kappa shape index (κ2) is 5.57. The molecule has 0 fully saturated rings. The summed E-state index contributed by atoms with van der Waals surface area (Å²) in [5, 5.41) is 9.83. The molecule has 6 heteroatoms. The first-order valence-electron chi connectivity index (χ1n) is 5.14. The van der Waals surface area contributed by atoms with Crippen molar-refractivity contribution in [2.75, 3.05) is 5.75 Å². The number of hydrogen-bond donors (Lipinski definition) is 1. The summed E-state index contributed by atoms with van der Waals surface area (Å²) in [5.74, 6) is -0.0174. The van der Waals surface area contributed by atoms with Gasteiger partial charge in [-0.15, -0.1) is 0 Å². The lowest BCUT2D eigenvalue weighted by Gasteiger charge is -2.19. The first kappa shape index (κ1) is 14.8. The Labute approximate surface area is 111 Å². The molecule has 0 heterocycles. The van der Waals surface area contributed by atoms with Crippen molar-refractivity contribution in [1.82, 2.24) is 0 Å². The molecule has 0 aliphatic heterocycles. The van der Waals surface area contributed by atoms with E-state index in [0.717, 1.165) is 0 Å². The third kappa shape index (κ3) is 3.35. The molecule has 0 saturated carbocycles. The van der Waals surface area contributed by atoms with Crippen LogP contribution in [0.3, 0.4) is 0 Å². The highest BCUT2D eigenvalue weighted by Crippen LogP contribution is 2.30. The highest BCUT2D eigenvalue weighted by molar-refractivity contribution is 7.92. The average Bonchev–Trinajstić information content (AvgIpc) is 2.27. The van der Waals surface area contributed by atoms with Gasteiger partial charge in [-0.25, -0.2) is 8.42 Å². The van der Waals surface area contributed by atoms with Crippen molar-refractivity contribution in [3.63, 3.8) is 0 Å². The molecule has 3 nitrogen and oxygen atoms in total. The maximum atomic E-state index is 11.7. The lowest BCUT2D eigenvalue weighted by molar-refractivity contribution is 0.176. The Morgan fingerprint density at radius 3 is 2.41 bits per heavy atom. The van der Waals surface area contributed by atoms with Crippen LogP contribution in [0.4, 0.5) is 0 Å². The molecule has 0 amide bonds. The molecular weight excluding hydrogens is 283 g/mol. The molecule has 17 heavy (non-hydrogen) atoms. The zero-order valence-electron chi connectivity index (χ0n) is 9.52. The van der Waals surface area contributed by atoms with Gasteiger partial charge in [0, 0.05) is 21.4 Å². The standard InChI is InChI=1S/C11H14Cl2O3S/c1-3-17(15,16)7(2)11(14)9-5-4-8(12)6-10(9)13/h4-7,11,14H,3H2,1-2H3/t7-,11-/m1/s1. The number of rotatable bonds is 4. The molecule has 0 radical (unpaired) electrons. The Morgan fingerprint density at radius 2 is 1.94 bits per heavy atom. The fourth-order valence-electron chi connectivity index (χ4n) is 1.45. The van der Waals surface area contributed by atoms with Crippen LogP contribution in [0.15, 0.2) is 18.2 Å². The van der Waals surface area contributed by atoms with Crippen molar-refractivity contribution < 1.29 is 13.5 Å². The van der Waals surface area contributed by atoms with Crippen LogP contribution in [0, 0.1) is 0 Å². The third-order valence-electron chi connectivity index (χ3n) is 2.69. The van der Waals surface area contributed by atoms with Gasteiger partial charge in [0.2, 0.25) is 0 Å². The first-order chi connectivity index (χ1) is 7.79. The number of aliphatic hydroxyl groups is 1. The van der Waals surface area contributed by atoms with Gasteiger partial charge in [0.15, 0.2) is 9.84 Å².